The van der Waals surface area contributed by atoms with Gasteiger partial charge in [-0.2, -0.15) is 5.26 Å². The molecule has 7 heteroatoms. The van der Waals surface area contributed by atoms with Gasteiger partial charge < -0.3 is 0 Å². The van der Waals surface area contributed by atoms with Gasteiger partial charge in [-0.05, 0) is 24.1 Å². The van der Waals surface area contributed by atoms with Crippen molar-refractivity contribution in [2.45, 2.75) is 24.7 Å². The van der Waals surface area contributed by atoms with Crippen molar-refractivity contribution in [2.75, 3.05) is 0 Å². The maximum atomic E-state index is 12.9. The van der Waals surface area contributed by atoms with Crippen LogP contribution < -0.4 is 0 Å². The summed E-state index contributed by atoms with van der Waals surface area (Å²) < 4.78 is 48.1. The summed E-state index contributed by atoms with van der Waals surface area (Å²) in [7, 11) is 0.835. The Kier molecular flexibility index (Phi) is 4.07. The summed E-state index contributed by atoms with van der Waals surface area (Å²) >= 11 is 0. The summed E-state index contributed by atoms with van der Waals surface area (Å²) in [6.07, 6.45) is -2.87. The number of nitrogens with zero attached hydrogens (tertiary/aromatic N) is 1. The van der Waals surface area contributed by atoms with Crippen LogP contribution >= 0.6 is 10.7 Å². The van der Waals surface area contributed by atoms with Crippen LogP contribution in [0.4, 0.5) is 8.78 Å². The largest absolute Gasteiger partial charge is 0.265 e. The highest BCUT2D eigenvalue weighted by molar-refractivity contribution is 8.13. The van der Waals surface area contributed by atoms with Gasteiger partial charge in [-0.3, -0.25) is 0 Å². The fraction of sp³-hybridized carbons (Fsp3) is 0.300. The lowest BCUT2D eigenvalue weighted by Gasteiger charge is -2.12. The Bertz CT molecular complexity index is 579. The van der Waals surface area contributed by atoms with Crippen LogP contribution in [0, 0.1) is 11.3 Å². The molecule has 0 unspecified atom stereocenters. The van der Waals surface area contributed by atoms with Crippen molar-refractivity contribution < 1.29 is 17.2 Å². The molecule has 0 bridgehead atoms. The van der Waals surface area contributed by atoms with E-state index >= 15 is 0 Å². The lowest BCUT2D eigenvalue weighted by Crippen LogP contribution is -2.05. The lowest BCUT2D eigenvalue weighted by molar-refractivity contribution is 0.147. The summed E-state index contributed by atoms with van der Waals surface area (Å²) in [6.45, 7) is 1.56. The SMILES string of the molecule is CCc1c(C#N)ccc(S(=O)(=O)Cl)c1C(F)F. The van der Waals surface area contributed by atoms with E-state index < -0.39 is 25.9 Å². The number of nitriles is 1. The molecule has 1 rings (SSSR count). The molecule has 0 aliphatic carbocycles. The van der Waals surface area contributed by atoms with Gasteiger partial charge in [0, 0.05) is 16.2 Å². The summed E-state index contributed by atoms with van der Waals surface area (Å²) in [5, 5.41) is 8.77. The molecule has 0 N–H and O–H groups in total. The lowest BCUT2D eigenvalue weighted by atomic mass is 9.99. The molecule has 0 saturated carbocycles. The predicted molar refractivity (Wildman–Crippen MR) is 58.5 cm³/mol. The van der Waals surface area contributed by atoms with E-state index in [1.54, 1.807) is 13.0 Å². The Balaban J connectivity index is 3.73. The predicted octanol–water partition coefficient (Wildman–Crippen LogP) is 2.99. The van der Waals surface area contributed by atoms with E-state index in [1.807, 2.05) is 0 Å². The molecule has 0 aliphatic rings. The molecule has 0 aromatic heterocycles. The normalized spacial score (nSPS) is 11.5. The molecule has 0 spiro atoms. The summed E-state index contributed by atoms with van der Waals surface area (Å²) in [6, 6.07) is 3.86. The van der Waals surface area contributed by atoms with E-state index in [0.717, 1.165) is 6.07 Å². The van der Waals surface area contributed by atoms with Gasteiger partial charge in [0.2, 0.25) is 0 Å². The Morgan fingerprint density at radius 1 is 1.47 bits per heavy atom. The molecule has 0 aliphatic heterocycles. The van der Waals surface area contributed by atoms with Gasteiger partial charge in [-0.15, -0.1) is 0 Å². The smallest absolute Gasteiger partial charge is 0.207 e. The fourth-order valence-corrected chi connectivity index (χ4v) is 2.69. The Hall–Kier alpha value is -1.19. The first-order valence-electron chi connectivity index (χ1n) is 4.61. The quantitative estimate of drug-likeness (QED) is 0.799. The number of hydrogen-bond acceptors (Lipinski definition) is 3. The van der Waals surface area contributed by atoms with Crippen LogP contribution in [-0.4, -0.2) is 8.42 Å². The van der Waals surface area contributed by atoms with Gasteiger partial charge in [0.1, 0.15) is 0 Å². The molecule has 0 fully saturated rings. The molecule has 0 radical (unpaired) electrons. The maximum Gasteiger partial charge on any atom is 0.265 e. The molecule has 0 amide bonds. The number of alkyl halides is 2. The van der Waals surface area contributed by atoms with E-state index in [2.05, 4.69) is 0 Å². The summed E-state index contributed by atoms with van der Waals surface area (Å²) in [4.78, 5) is -0.634. The van der Waals surface area contributed by atoms with Crippen LogP contribution in [0.2, 0.25) is 0 Å². The summed E-state index contributed by atoms with van der Waals surface area (Å²) in [5.74, 6) is 0. The average molecular weight is 280 g/mol. The molecule has 17 heavy (non-hydrogen) atoms. The number of rotatable bonds is 3. The Morgan fingerprint density at radius 3 is 2.41 bits per heavy atom. The van der Waals surface area contributed by atoms with Gasteiger partial charge in [-0.25, -0.2) is 17.2 Å². The number of hydrogen-bond donors (Lipinski definition) is 0. The van der Waals surface area contributed by atoms with E-state index in [4.69, 9.17) is 15.9 Å². The topological polar surface area (TPSA) is 57.9 Å². The van der Waals surface area contributed by atoms with E-state index in [1.165, 1.54) is 6.07 Å². The van der Waals surface area contributed by atoms with Crippen molar-refractivity contribution >= 4 is 19.7 Å². The third-order valence-corrected chi connectivity index (χ3v) is 3.65. The molecule has 1 aromatic carbocycles. The Labute approximate surface area is 102 Å². The summed E-state index contributed by atoms with van der Waals surface area (Å²) in [5.41, 5.74) is -0.627. The highest BCUT2D eigenvalue weighted by Crippen LogP contribution is 2.33. The zero-order chi connectivity index (χ0) is 13.2. The van der Waals surface area contributed by atoms with Gasteiger partial charge >= 0.3 is 0 Å². The third-order valence-electron chi connectivity index (χ3n) is 2.27. The van der Waals surface area contributed by atoms with E-state index in [0.29, 0.717) is 0 Å². The molecule has 92 valence electrons. The van der Waals surface area contributed by atoms with Crippen LogP contribution in [0.1, 0.15) is 30.0 Å². The molecule has 3 nitrogen and oxygen atoms in total. The van der Waals surface area contributed by atoms with E-state index in [9.17, 15) is 17.2 Å². The maximum absolute atomic E-state index is 12.9. The highest BCUT2D eigenvalue weighted by Gasteiger charge is 2.26. The van der Waals surface area contributed by atoms with Gasteiger partial charge in [-0.1, -0.05) is 6.92 Å². The molecule has 1 aromatic rings. The van der Waals surface area contributed by atoms with Gasteiger partial charge in [0.15, 0.2) is 0 Å². The van der Waals surface area contributed by atoms with Crippen molar-refractivity contribution in [3.63, 3.8) is 0 Å². The van der Waals surface area contributed by atoms with Crippen molar-refractivity contribution in [1.29, 1.82) is 5.26 Å². The van der Waals surface area contributed by atoms with Crippen molar-refractivity contribution in [2.24, 2.45) is 0 Å². The van der Waals surface area contributed by atoms with Gasteiger partial charge in [0.25, 0.3) is 15.5 Å². The molecular formula is C10H8ClF2NO2S. The van der Waals surface area contributed by atoms with Crippen LogP contribution in [0.25, 0.3) is 0 Å². The monoisotopic (exact) mass is 279 g/mol. The highest BCUT2D eigenvalue weighted by atomic mass is 35.7. The zero-order valence-electron chi connectivity index (χ0n) is 8.75. The van der Waals surface area contributed by atoms with E-state index in [-0.39, 0.29) is 17.5 Å². The van der Waals surface area contributed by atoms with Crippen molar-refractivity contribution in [3.8, 4) is 6.07 Å². The second-order valence-corrected chi connectivity index (χ2v) is 5.74. The number of halogens is 3. The molecule has 0 saturated heterocycles. The van der Waals surface area contributed by atoms with Crippen LogP contribution in [0.3, 0.4) is 0 Å². The second kappa shape index (κ2) is 4.98. The first kappa shape index (κ1) is 13.9. The van der Waals surface area contributed by atoms with Gasteiger partial charge in [0.05, 0.1) is 16.5 Å². The minimum atomic E-state index is -4.25. The fourth-order valence-electron chi connectivity index (χ4n) is 1.58. The van der Waals surface area contributed by atoms with Crippen LogP contribution in [0.5, 0.6) is 0 Å². The van der Waals surface area contributed by atoms with Crippen LogP contribution in [0.15, 0.2) is 17.0 Å². The minimum Gasteiger partial charge on any atom is -0.207 e. The minimum absolute atomic E-state index is 0.0178. The average Bonchev–Trinajstić information content (AvgIpc) is 2.25. The number of benzene rings is 1. The van der Waals surface area contributed by atoms with Crippen LogP contribution in [-0.2, 0) is 15.5 Å². The molecular weight excluding hydrogens is 272 g/mol. The zero-order valence-corrected chi connectivity index (χ0v) is 10.3. The standard InChI is InChI=1S/C10H8ClF2NO2S/c1-2-7-6(5-14)3-4-8(17(11,15)16)9(7)10(12)13/h3-4,10H,2H2,1H3. The first-order valence-corrected chi connectivity index (χ1v) is 6.92. The van der Waals surface area contributed by atoms with Crippen molar-refractivity contribution in [1.82, 2.24) is 0 Å². The third kappa shape index (κ3) is 2.73. The van der Waals surface area contributed by atoms with Crippen molar-refractivity contribution in [3.05, 3.63) is 28.8 Å². The Morgan fingerprint density at radius 2 is 2.06 bits per heavy atom. The first-order chi connectivity index (χ1) is 7.82. The molecule has 0 heterocycles. The molecule has 0 atom stereocenters. The second-order valence-electron chi connectivity index (χ2n) is 3.21.